The maximum absolute atomic E-state index is 13.8. The molecule has 0 fully saturated rings. The molecule has 8 nitrogen and oxygen atoms in total. The number of pyridine rings is 1. The van der Waals surface area contributed by atoms with Gasteiger partial charge in [0.15, 0.2) is 11.6 Å². The minimum absolute atomic E-state index is 0.132. The van der Waals surface area contributed by atoms with Crippen LogP contribution >= 0.6 is 0 Å². The van der Waals surface area contributed by atoms with Gasteiger partial charge in [-0.1, -0.05) is 5.92 Å². The number of benzene rings is 1. The Morgan fingerprint density at radius 2 is 1.90 bits per heavy atom. The highest BCUT2D eigenvalue weighted by Gasteiger charge is 2.24. The molecule has 3 rings (SSSR count). The molecule has 10 heteroatoms. The molecular weight excluding hydrogens is 394 g/mol. The summed E-state index contributed by atoms with van der Waals surface area (Å²) in [5.41, 5.74) is 4.70. The van der Waals surface area contributed by atoms with Gasteiger partial charge < -0.3 is 5.73 Å². The summed E-state index contributed by atoms with van der Waals surface area (Å²) in [5.74, 6) is 6.09. The van der Waals surface area contributed by atoms with Crippen molar-refractivity contribution in [3.8, 4) is 18.0 Å². The van der Waals surface area contributed by atoms with E-state index < -0.39 is 22.9 Å². The molecule has 2 heterocycles. The zero-order chi connectivity index (χ0) is 22.2. The van der Waals surface area contributed by atoms with Crippen molar-refractivity contribution < 1.29 is 8.78 Å². The van der Waals surface area contributed by atoms with Crippen LogP contribution in [0.25, 0.3) is 5.69 Å². The Kier molecular flexibility index (Phi) is 5.40. The second-order valence-electron chi connectivity index (χ2n) is 6.50. The maximum atomic E-state index is 13.8. The Bertz CT molecular complexity index is 1310. The van der Waals surface area contributed by atoms with Gasteiger partial charge in [0.05, 0.1) is 35.5 Å². The molecule has 0 atom stereocenters. The van der Waals surface area contributed by atoms with E-state index in [-0.39, 0.29) is 35.0 Å². The summed E-state index contributed by atoms with van der Waals surface area (Å²) in [7, 11) is 0. The van der Waals surface area contributed by atoms with E-state index >= 15 is 0 Å². The zero-order valence-electron chi connectivity index (χ0n) is 16.2. The van der Waals surface area contributed by atoms with Crippen molar-refractivity contribution in [2.24, 2.45) is 5.84 Å². The highest BCUT2D eigenvalue weighted by molar-refractivity contribution is 5.74. The van der Waals surface area contributed by atoms with Crippen LogP contribution in [0.5, 0.6) is 0 Å². The predicted molar refractivity (Wildman–Crippen MR) is 109 cm³/mol. The van der Waals surface area contributed by atoms with Crippen molar-refractivity contribution in [1.29, 1.82) is 0 Å². The Hall–Kier alpha value is -3.97. The molecule has 2 aromatic heterocycles. The first-order valence-corrected chi connectivity index (χ1v) is 8.69. The Morgan fingerprint density at radius 3 is 2.53 bits per heavy atom. The van der Waals surface area contributed by atoms with Crippen LogP contribution in [0.4, 0.5) is 25.8 Å². The van der Waals surface area contributed by atoms with Gasteiger partial charge >= 0.3 is 5.69 Å². The van der Waals surface area contributed by atoms with Gasteiger partial charge in [-0.3, -0.25) is 19.4 Å². The molecule has 0 radical (unpaired) electrons. The first-order valence-electron chi connectivity index (χ1n) is 8.69. The number of nitrogen functional groups attached to an aromatic ring is 1. The van der Waals surface area contributed by atoms with Crippen LogP contribution in [0, 0.1) is 37.8 Å². The Balaban J connectivity index is 2.40. The molecule has 0 aliphatic heterocycles. The molecule has 3 aromatic rings. The largest absolute Gasteiger partial charge is 0.397 e. The second kappa shape index (κ2) is 7.81. The predicted octanol–water partition coefficient (Wildman–Crippen LogP) is 1.52. The number of nitrogens with two attached hydrogens (primary N) is 2. The van der Waals surface area contributed by atoms with Gasteiger partial charge in [-0.05, 0) is 25.5 Å². The fourth-order valence-electron chi connectivity index (χ4n) is 3.08. The van der Waals surface area contributed by atoms with E-state index in [9.17, 15) is 18.4 Å². The average Bonchev–Trinajstić information content (AvgIpc) is 2.69. The molecule has 0 amide bonds. The van der Waals surface area contributed by atoms with Crippen LogP contribution in [0.2, 0.25) is 0 Å². The van der Waals surface area contributed by atoms with Gasteiger partial charge in [0.1, 0.15) is 5.69 Å². The number of aromatic nitrogens is 3. The number of hydrogen-bond acceptors (Lipinski definition) is 6. The minimum Gasteiger partial charge on any atom is -0.397 e. The molecule has 0 bridgehead atoms. The third-order valence-corrected chi connectivity index (χ3v) is 4.65. The highest BCUT2D eigenvalue weighted by Crippen LogP contribution is 2.29. The number of hydrazine groups is 1. The number of terminal acetylenes is 1. The van der Waals surface area contributed by atoms with Crippen molar-refractivity contribution in [3.63, 3.8) is 0 Å². The third-order valence-electron chi connectivity index (χ3n) is 4.65. The van der Waals surface area contributed by atoms with Crippen molar-refractivity contribution in [3.05, 3.63) is 74.3 Å². The van der Waals surface area contributed by atoms with Gasteiger partial charge in [0, 0.05) is 18.3 Å². The summed E-state index contributed by atoms with van der Waals surface area (Å²) < 4.78 is 29.3. The fourth-order valence-corrected chi connectivity index (χ4v) is 3.08. The van der Waals surface area contributed by atoms with Crippen LogP contribution in [0.15, 0.2) is 40.2 Å². The number of aryl methyl sites for hydroxylation is 1. The number of anilines is 3. The zero-order valence-corrected chi connectivity index (χ0v) is 16.2. The van der Waals surface area contributed by atoms with Gasteiger partial charge in [-0.15, -0.1) is 6.42 Å². The lowest BCUT2D eigenvalue weighted by atomic mass is 10.2. The molecule has 4 N–H and O–H groups in total. The van der Waals surface area contributed by atoms with Gasteiger partial charge in [0.25, 0.3) is 5.56 Å². The SMILES string of the molecule is C#CCn1c(C)c(N(N)c2cc(F)c(F)cc2N)c(=O)n(-c2cnccc2C)c1=O. The van der Waals surface area contributed by atoms with E-state index in [1.165, 1.54) is 23.9 Å². The van der Waals surface area contributed by atoms with Crippen LogP contribution in [-0.4, -0.2) is 14.1 Å². The van der Waals surface area contributed by atoms with Crippen molar-refractivity contribution in [2.75, 3.05) is 10.7 Å². The standard InChI is InChI=1S/C20H18F2N6O2/c1-4-7-26-12(3)18(28(24)16-9-14(22)13(21)8-15(16)23)19(29)27(20(26)30)17-10-25-6-5-11(17)2/h1,5-6,8-10H,7,23-24H2,2-3H3. The number of halogens is 2. The van der Waals surface area contributed by atoms with Crippen LogP contribution in [0.3, 0.4) is 0 Å². The third kappa shape index (κ3) is 3.31. The molecule has 0 saturated carbocycles. The Morgan fingerprint density at radius 1 is 1.23 bits per heavy atom. The minimum atomic E-state index is -1.20. The quantitative estimate of drug-likeness (QED) is 0.291. The Labute approximate surface area is 170 Å². The summed E-state index contributed by atoms with van der Waals surface area (Å²) in [6.07, 6.45) is 8.25. The normalized spacial score (nSPS) is 10.7. The second-order valence-corrected chi connectivity index (χ2v) is 6.50. The van der Waals surface area contributed by atoms with E-state index in [2.05, 4.69) is 10.9 Å². The highest BCUT2D eigenvalue weighted by atomic mass is 19.2. The molecule has 0 spiro atoms. The monoisotopic (exact) mass is 412 g/mol. The van der Waals surface area contributed by atoms with Gasteiger partial charge in [-0.25, -0.2) is 24.0 Å². The topological polar surface area (TPSA) is 112 Å². The van der Waals surface area contributed by atoms with Crippen LogP contribution < -0.4 is 27.8 Å². The average molecular weight is 412 g/mol. The van der Waals surface area contributed by atoms with E-state index in [0.717, 1.165) is 21.7 Å². The summed E-state index contributed by atoms with van der Waals surface area (Å²) >= 11 is 0. The molecular formula is C20H18F2N6O2. The lowest BCUT2D eigenvalue weighted by molar-refractivity contribution is 0.509. The first-order chi connectivity index (χ1) is 14.2. The van der Waals surface area contributed by atoms with E-state index in [1.807, 2.05) is 0 Å². The first kappa shape index (κ1) is 20.8. The van der Waals surface area contributed by atoms with Crippen molar-refractivity contribution in [1.82, 2.24) is 14.1 Å². The summed E-state index contributed by atoms with van der Waals surface area (Å²) in [5, 5.41) is 0.810. The molecule has 0 aliphatic rings. The molecule has 1 aromatic carbocycles. The summed E-state index contributed by atoms with van der Waals surface area (Å²) in [6.45, 7) is 3.01. The molecule has 0 saturated heterocycles. The smallest absolute Gasteiger partial charge is 0.336 e. The molecule has 30 heavy (non-hydrogen) atoms. The molecule has 154 valence electrons. The maximum Gasteiger partial charge on any atom is 0.336 e. The molecule has 0 unspecified atom stereocenters. The van der Waals surface area contributed by atoms with Gasteiger partial charge in [-0.2, -0.15) is 0 Å². The van der Waals surface area contributed by atoms with Gasteiger partial charge in [0.2, 0.25) is 0 Å². The number of nitrogens with zero attached hydrogens (tertiary/aromatic N) is 4. The van der Waals surface area contributed by atoms with Crippen LogP contribution in [-0.2, 0) is 6.54 Å². The van der Waals surface area contributed by atoms with E-state index in [0.29, 0.717) is 5.56 Å². The summed E-state index contributed by atoms with van der Waals surface area (Å²) in [6, 6.07) is 3.14. The molecule has 0 aliphatic carbocycles. The van der Waals surface area contributed by atoms with Crippen LogP contribution in [0.1, 0.15) is 11.3 Å². The number of rotatable bonds is 4. The van der Waals surface area contributed by atoms with Crippen molar-refractivity contribution >= 4 is 17.1 Å². The van der Waals surface area contributed by atoms with E-state index in [1.54, 1.807) is 13.0 Å². The lowest BCUT2D eigenvalue weighted by Crippen LogP contribution is -2.45. The fraction of sp³-hybridized carbons (Fsp3) is 0.150. The van der Waals surface area contributed by atoms with E-state index in [4.69, 9.17) is 18.0 Å². The van der Waals surface area contributed by atoms with Crippen molar-refractivity contribution in [2.45, 2.75) is 20.4 Å². The number of hydrogen-bond donors (Lipinski definition) is 2. The lowest BCUT2D eigenvalue weighted by Gasteiger charge is -2.24. The summed E-state index contributed by atoms with van der Waals surface area (Å²) in [4.78, 5) is 30.3.